The molecule has 0 fully saturated rings. The summed E-state index contributed by atoms with van der Waals surface area (Å²) in [6.45, 7) is 0. The lowest BCUT2D eigenvalue weighted by Crippen LogP contribution is -1.98. The van der Waals surface area contributed by atoms with Gasteiger partial charge in [0.15, 0.2) is 0 Å². The summed E-state index contributed by atoms with van der Waals surface area (Å²) in [5.74, 6) is 0.471. The van der Waals surface area contributed by atoms with Crippen molar-refractivity contribution in [3.8, 4) is 23.1 Å². The van der Waals surface area contributed by atoms with E-state index in [-0.39, 0.29) is 0 Å². The first-order valence-corrected chi connectivity index (χ1v) is 5.77. The van der Waals surface area contributed by atoms with Gasteiger partial charge < -0.3 is 9.47 Å². The summed E-state index contributed by atoms with van der Waals surface area (Å²) in [5, 5.41) is 0. The van der Waals surface area contributed by atoms with E-state index >= 15 is 0 Å². The van der Waals surface area contributed by atoms with Crippen LogP contribution in [-0.2, 0) is 0 Å². The molecule has 19 heavy (non-hydrogen) atoms. The van der Waals surface area contributed by atoms with Crippen molar-refractivity contribution in [3.05, 3.63) is 42.6 Å². The number of hydrogen-bond donors (Lipinski definition) is 0. The van der Waals surface area contributed by atoms with Crippen LogP contribution in [0.5, 0.6) is 11.9 Å². The van der Waals surface area contributed by atoms with E-state index in [4.69, 9.17) is 9.47 Å². The Balaban J connectivity index is 2.20. The summed E-state index contributed by atoms with van der Waals surface area (Å²) >= 11 is 0. The van der Waals surface area contributed by atoms with E-state index in [2.05, 4.69) is 16.0 Å². The fourth-order valence-corrected chi connectivity index (χ4v) is 1.87. The van der Waals surface area contributed by atoms with Gasteiger partial charge in [0.2, 0.25) is 5.88 Å². The van der Waals surface area contributed by atoms with Crippen LogP contribution in [0.15, 0.2) is 36.5 Å². The van der Waals surface area contributed by atoms with Crippen LogP contribution in [0.1, 0.15) is 0 Å². The fraction of sp³-hybridized carbons (Fsp3) is 0.143. The average Bonchev–Trinajstić information content (AvgIpc) is 2.91. The lowest BCUT2D eigenvalue weighted by Gasteiger charge is -2.04. The van der Waals surface area contributed by atoms with E-state index < -0.39 is 0 Å². The van der Waals surface area contributed by atoms with E-state index in [1.54, 1.807) is 24.7 Å². The van der Waals surface area contributed by atoms with Crippen molar-refractivity contribution in [2.24, 2.45) is 0 Å². The maximum Gasteiger partial charge on any atom is 0.305 e. The molecule has 0 N–H and O–H groups in total. The maximum atomic E-state index is 5.24. The molecular weight excluding hydrogens is 242 g/mol. The molecule has 0 bridgehead atoms. The van der Waals surface area contributed by atoms with Crippen LogP contribution in [0.3, 0.4) is 0 Å². The van der Waals surface area contributed by atoms with Crippen molar-refractivity contribution in [2.75, 3.05) is 14.2 Å². The third-order valence-corrected chi connectivity index (χ3v) is 2.77. The van der Waals surface area contributed by atoms with Crippen LogP contribution in [0.2, 0.25) is 0 Å². The Bertz CT molecular complexity index is 707. The van der Waals surface area contributed by atoms with Gasteiger partial charge in [-0.2, -0.15) is 4.98 Å². The molecule has 0 unspecified atom stereocenters. The van der Waals surface area contributed by atoms with E-state index in [1.165, 1.54) is 0 Å². The first kappa shape index (κ1) is 11.5. The molecule has 2 heterocycles. The molecular formula is C14H12N3O2. The van der Waals surface area contributed by atoms with E-state index in [0.29, 0.717) is 11.9 Å². The number of methoxy groups -OCH3 is 2. The molecule has 0 saturated heterocycles. The van der Waals surface area contributed by atoms with E-state index in [9.17, 15) is 0 Å². The molecule has 3 rings (SSSR count). The minimum Gasteiger partial charge on any atom is -0.481 e. The standard InChI is InChI=1S/C14H12N3O2/c1-18-13-8-12-15-11(10-6-4-3-5-7-10)9-17(12)14(16-13)19-2/h3-6,8-9H,1-2H3. The van der Waals surface area contributed by atoms with Gasteiger partial charge in [0.25, 0.3) is 0 Å². The van der Waals surface area contributed by atoms with Crippen molar-refractivity contribution >= 4 is 5.65 Å². The molecule has 5 nitrogen and oxygen atoms in total. The Morgan fingerprint density at radius 2 is 2.05 bits per heavy atom. The van der Waals surface area contributed by atoms with Gasteiger partial charge in [-0.3, -0.25) is 4.40 Å². The number of hydrogen-bond acceptors (Lipinski definition) is 4. The number of rotatable bonds is 3. The van der Waals surface area contributed by atoms with Crippen molar-refractivity contribution in [1.82, 2.24) is 14.4 Å². The fourth-order valence-electron chi connectivity index (χ4n) is 1.87. The largest absolute Gasteiger partial charge is 0.481 e. The highest BCUT2D eigenvalue weighted by Gasteiger charge is 2.11. The normalized spacial score (nSPS) is 10.6. The molecule has 1 radical (unpaired) electrons. The Labute approximate surface area is 110 Å². The van der Waals surface area contributed by atoms with Crippen molar-refractivity contribution < 1.29 is 9.47 Å². The Morgan fingerprint density at radius 3 is 2.74 bits per heavy atom. The molecule has 0 spiro atoms. The summed E-state index contributed by atoms with van der Waals surface area (Å²) < 4.78 is 12.1. The molecule has 0 aliphatic rings. The Morgan fingerprint density at radius 1 is 1.16 bits per heavy atom. The molecule has 5 heteroatoms. The summed E-state index contributed by atoms with van der Waals surface area (Å²) in [5.41, 5.74) is 2.46. The number of aromatic nitrogens is 3. The van der Waals surface area contributed by atoms with Crippen molar-refractivity contribution in [3.63, 3.8) is 0 Å². The molecule has 0 aliphatic carbocycles. The van der Waals surface area contributed by atoms with Crippen molar-refractivity contribution in [2.45, 2.75) is 0 Å². The molecule has 1 aromatic carbocycles. The van der Waals surface area contributed by atoms with Crippen LogP contribution < -0.4 is 9.47 Å². The van der Waals surface area contributed by atoms with Gasteiger partial charge in [0.1, 0.15) is 5.65 Å². The molecule has 3 aromatic rings. The van der Waals surface area contributed by atoms with Gasteiger partial charge in [-0.05, 0) is 6.07 Å². The summed E-state index contributed by atoms with van der Waals surface area (Å²) in [6, 6.07) is 13.0. The third kappa shape index (κ3) is 1.99. The van der Waals surface area contributed by atoms with Crippen LogP contribution in [0.4, 0.5) is 0 Å². The lowest BCUT2D eigenvalue weighted by molar-refractivity contribution is 0.348. The third-order valence-electron chi connectivity index (χ3n) is 2.77. The highest BCUT2D eigenvalue weighted by Crippen LogP contribution is 2.23. The Kier molecular flexibility index (Phi) is 2.79. The van der Waals surface area contributed by atoms with Crippen LogP contribution in [-0.4, -0.2) is 28.6 Å². The van der Waals surface area contributed by atoms with Crippen LogP contribution >= 0.6 is 0 Å². The first-order chi connectivity index (χ1) is 9.31. The summed E-state index contributed by atoms with van der Waals surface area (Å²) in [7, 11) is 3.13. The molecule has 0 amide bonds. The molecule has 0 saturated carbocycles. The average molecular weight is 254 g/mol. The molecule has 0 aliphatic heterocycles. The number of fused-ring (bicyclic) bond motifs is 1. The second-order valence-corrected chi connectivity index (χ2v) is 3.92. The van der Waals surface area contributed by atoms with Gasteiger partial charge in [-0.25, -0.2) is 4.98 Å². The first-order valence-electron chi connectivity index (χ1n) is 5.77. The van der Waals surface area contributed by atoms with E-state index in [0.717, 1.165) is 16.9 Å². The van der Waals surface area contributed by atoms with E-state index in [1.807, 2.05) is 30.5 Å². The second-order valence-electron chi connectivity index (χ2n) is 3.92. The van der Waals surface area contributed by atoms with Gasteiger partial charge >= 0.3 is 6.01 Å². The quantitative estimate of drug-likeness (QED) is 0.719. The summed E-state index contributed by atoms with van der Waals surface area (Å²) in [4.78, 5) is 8.75. The molecule has 2 aromatic heterocycles. The smallest absolute Gasteiger partial charge is 0.305 e. The highest BCUT2D eigenvalue weighted by molar-refractivity contribution is 5.62. The SMILES string of the molecule is COc1cc2nc(-c3[c]cccc3)cn2c(OC)n1. The predicted octanol–water partition coefficient (Wildman–Crippen LogP) is 2.21. The Hall–Kier alpha value is -2.56. The van der Waals surface area contributed by atoms with Gasteiger partial charge in [0.05, 0.1) is 19.9 Å². The second kappa shape index (κ2) is 4.61. The van der Waals surface area contributed by atoms with Crippen LogP contribution in [0, 0.1) is 6.07 Å². The number of nitrogens with zero attached hydrogens (tertiary/aromatic N) is 3. The minimum absolute atomic E-state index is 0.434. The zero-order valence-electron chi connectivity index (χ0n) is 10.6. The van der Waals surface area contributed by atoms with Gasteiger partial charge in [0, 0.05) is 17.8 Å². The minimum atomic E-state index is 0.434. The van der Waals surface area contributed by atoms with Crippen molar-refractivity contribution in [1.29, 1.82) is 0 Å². The topological polar surface area (TPSA) is 48.7 Å². The predicted molar refractivity (Wildman–Crippen MR) is 70.4 cm³/mol. The number of imidazole rings is 1. The molecule has 0 atom stereocenters. The number of ether oxygens (including phenoxy) is 2. The highest BCUT2D eigenvalue weighted by atomic mass is 16.5. The lowest BCUT2D eigenvalue weighted by atomic mass is 10.2. The van der Waals surface area contributed by atoms with Gasteiger partial charge in [-0.15, -0.1) is 0 Å². The zero-order valence-corrected chi connectivity index (χ0v) is 10.6. The maximum absolute atomic E-state index is 5.24. The van der Waals surface area contributed by atoms with Gasteiger partial charge in [-0.1, -0.05) is 24.3 Å². The molecule has 95 valence electrons. The number of benzene rings is 1. The van der Waals surface area contributed by atoms with Crippen LogP contribution in [0.25, 0.3) is 16.9 Å². The summed E-state index contributed by atoms with van der Waals surface area (Å²) in [6.07, 6.45) is 1.87. The monoisotopic (exact) mass is 254 g/mol. The zero-order chi connectivity index (χ0) is 13.2.